The summed E-state index contributed by atoms with van der Waals surface area (Å²) >= 11 is 0. The van der Waals surface area contributed by atoms with Gasteiger partial charge in [0.15, 0.2) is 0 Å². The van der Waals surface area contributed by atoms with E-state index in [1.807, 2.05) is 13.8 Å². The molecular weight excluding hydrogens is 256 g/mol. The Bertz CT molecular complexity index is 548. The summed E-state index contributed by atoms with van der Waals surface area (Å²) in [4.78, 5) is 4.58. The van der Waals surface area contributed by atoms with E-state index in [2.05, 4.69) is 9.22 Å². The van der Waals surface area contributed by atoms with Crippen LogP contribution in [0.5, 0.6) is 5.75 Å². The van der Waals surface area contributed by atoms with Gasteiger partial charge in [-0.3, -0.25) is 0 Å². The zero-order valence-corrected chi connectivity index (χ0v) is 11.4. The van der Waals surface area contributed by atoms with Gasteiger partial charge in [-0.2, -0.15) is 8.42 Å². The highest BCUT2D eigenvalue weighted by atomic mass is 32.2. The van der Waals surface area contributed by atoms with Crippen molar-refractivity contribution in [2.45, 2.75) is 31.1 Å². The van der Waals surface area contributed by atoms with Crippen LogP contribution in [0.15, 0.2) is 23.1 Å². The van der Waals surface area contributed by atoms with Gasteiger partial charge in [0.1, 0.15) is 5.75 Å². The Hall–Kier alpha value is -1.11. The Morgan fingerprint density at radius 1 is 1.39 bits per heavy atom. The van der Waals surface area contributed by atoms with E-state index < -0.39 is 10.1 Å². The van der Waals surface area contributed by atoms with Crippen molar-refractivity contribution in [3.05, 3.63) is 23.8 Å². The van der Waals surface area contributed by atoms with Crippen LogP contribution in [0.2, 0.25) is 0 Å². The number of hydrogen-bond acceptors (Lipinski definition) is 5. The molecule has 1 heterocycles. The summed E-state index contributed by atoms with van der Waals surface area (Å²) in [5.74, 6) is 0.718. The maximum atomic E-state index is 11.8. The standard InChI is InChI=1S/C12H16O5S/c1-4-16-17-18(13,14)9-5-6-11-10(7-9)12(2,3)8-15-11/h5-7H,4,8H2,1-3H3. The van der Waals surface area contributed by atoms with E-state index in [4.69, 9.17) is 4.74 Å². The molecule has 1 aliphatic rings. The van der Waals surface area contributed by atoms with Gasteiger partial charge in [-0.1, -0.05) is 13.8 Å². The second-order valence-electron chi connectivity index (χ2n) is 4.76. The third-order valence-electron chi connectivity index (χ3n) is 2.81. The minimum absolute atomic E-state index is 0.0771. The summed E-state index contributed by atoms with van der Waals surface area (Å²) in [6, 6.07) is 4.68. The van der Waals surface area contributed by atoms with Gasteiger partial charge >= 0.3 is 10.1 Å². The van der Waals surface area contributed by atoms with Crippen molar-refractivity contribution in [1.29, 1.82) is 0 Å². The zero-order valence-electron chi connectivity index (χ0n) is 10.6. The van der Waals surface area contributed by atoms with Crippen LogP contribution in [-0.2, 0) is 24.8 Å². The summed E-state index contributed by atoms with van der Waals surface area (Å²) in [5.41, 5.74) is 0.663. The van der Waals surface area contributed by atoms with Crippen LogP contribution in [0.25, 0.3) is 0 Å². The number of hydrogen-bond donors (Lipinski definition) is 0. The molecule has 100 valence electrons. The normalized spacial score (nSPS) is 17.3. The monoisotopic (exact) mass is 272 g/mol. The highest BCUT2D eigenvalue weighted by Crippen LogP contribution is 2.39. The Labute approximate surface area is 107 Å². The fraction of sp³-hybridized carbons (Fsp3) is 0.500. The second-order valence-corrected chi connectivity index (χ2v) is 6.27. The molecule has 2 rings (SSSR count). The fourth-order valence-electron chi connectivity index (χ4n) is 1.81. The van der Waals surface area contributed by atoms with E-state index in [1.54, 1.807) is 19.1 Å². The Kier molecular flexibility index (Phi) is 3.35. The fourth-order valence-corrected chi connectivity index (χ4v) is 2.60. The van der Waals surface area contributed by atoms with Crippen molar-refractivity contribution < 1.29 is 22.4 Å². The molecule has 5 nitrogen and oxygen atoms in total. The lowest BCUT2D eigenvalue weighted by Gasteiger charge is -2.15. The van der Waals surface area contributed by atoms with Gasteiger partial charge in [0.2, 0.25) is 0 Å². The van der Waals surface area contributed by atoms with E-state index >= 15 is 0 Å². The average molecular weight is 272 g/mol. The first-order valence-corrected chi connectivity index (χ1v) is 7.11. The molecule has 0 aliphatic carbocycles. The van der Waals surface area contributed by atoms with Gasteiger partial charge in [0, 0.05) is 11.0 Å². The first-order chi connectivity index (χ1) is 8.37. The molecule has 0 aromatic heterocycles. The molecule has 6 heteroatoms. The molecule has 0 unspecified atom stereocenters. The average Bonchev–Trinajstić information content (AvgIpc) is 2.63. The van der Waals surface area contributed by atoms with Crippen LogP contribution >= 0.6 is 0 Å². The largest absolute Gasteiger partial charge is 0.492 e. The molecular formula is C12H16O5S. The molecule has 18 heavy (non-hydrogen) atoms. The predicted molar refractivity (Wildman–Crippen MR) is 64.9 cm³/mol. The molecule has 1 aromatic carbocycles. The molecule has 1 aliphatic heterocycles. The van der Waals surface area contributed by atoms with Crippen molar-refractivity contribution in [2.75, 3.05) is 13.2 Å². The summed E-state index contributed by atoms with van der Waals surface area (Å²) in [6.07, 6.45) is 0. The lowest BCUT2D eigenvalue weighted by molar-refractivity contribution is -0.196. The SMILES string of the molecule is CCOOS(=O)(=O)c1ccc2c(c1)C(C)(C)CO2. The van der Waals surface area contributed by atoms with Crippen LogP contribution in [0.3, 0.4) is 0 Å². The van der Waals surface area contributed by atoms with E-state index in [0.717, 1.165) is 11.3 Å². The Morgan fingerprint density at radius 3 is 2.78 bits per heavy atom. The van der Waals surface area contributed by atoms with Gasteiger partial charge in [0.05, 0.1) is 18.1 Å². The van der Waals surface area contributed by atoms with Crippen LogP contribution in [0.4, 0.5) is 0 Å². The molecule has 0 atom stereocenters. The molecule has 0 spiro atoms. The number of ether oxygens (including phenoxy) is 1. The Balaban J connectivity index is 2.38. The van der Waals surface area contributed by atoms with E-state index in [0.29, 0.717) is 6.61 Å². The van der Waals surface area contributed by atoms with Crippen molar-refractivity contribution in [3.63, 3.8) is 0 Å². The molecule has 0 radical (unpaired) electrons. The van der Waals surface area contributed by atoms with Gasteiger partial charge in [-0.05, 0) is 25.1 Å². The Morgan fingerprint density at radius 2 is 2.11 bits per heavy atom. The first-order valence-electron chi connectivity index (χ1n) is 5.70. The van der Waals surface area contributed by atoms with Gasteiger partial charge < -0.3 is 4.74 Å². The highest BCUT2D eigenvalue weighted by Gasteiger charge is 2.33. The van der Waals surface area contributed by atoms with Gasteiger partial charge in [0.25, 0.3) is 0 Å². The quantitative estimate of drug-likeness (QED) is 0.620. The zero-order chi connectivity index (χ0) is 13.4. The third kappa shape index (κ3) is 2.36. The summed E-state index contributed by atoms with van der Waals surface area (Å²) in [7, 11) is -3.87. The lowest BCUT2D eigenvalue weighted by Crippen LogP contribution is -2.18. The summed E-state index contributed by atoms with van der Waals surface area (Å²) in [5, 5.41) is 0. The second kappa shape index (κ2) is 4.53. The molecule has 0 bridgehead atoms. The van der Waals surface area contributed by atoms with Gasteiger partial charge in [-0.25, -0.2) is 4.89 Å². The van der Waals surface area contributed by atoms with Crippen molar-refractivity contribution in [3.8, 4) is 5.75 Å². The summed E-state index contributed by atoms with van der Waals surface area (Å²) in [6.45, 7) is 6.35. The molecule has 0 saturated carbocycles. The minimum atomic E-state index is -3.87. The van der Waals surface area contributed by atoms with E-state index in [1.165, 1.54) is 6.07 Å². The topological polar surface area (TPSA) is 61.8 Å². The van der Waals surface area contributed by atoms with Crippen molar-refractivity contribution in [1.82, 2.24) is 0 Å². The van der Waals surface area contributed by atoms with Crippen LogP contribution in [-0.4, -0.2) is 21.6 Å². The molecule has 0 N–H and O–H groups in total. The van der Waals surface area contributed by atoms with E-state index in [-0.39, 0.29) is 16.9 Å². The summed E-state index contributed by atoms with van der Waals surface area (Å²) < 4.78 is 33.5. The van der Waals surface area contributed by atoms with Crippen LogP contribution in [0, 0.1) is 0 Å². The van der Waals surface area contributed by atoms with Crippen molar-refractivity contribution in [2.24, 2.45) is 0 Å². The third-order valence-corrected chi connectivity index (χ3v) is 3.92. The maximum Gasteiger partial charge on any atom is 0.323 e. The minimum Gasteiger partial charge on any atom is -0.492 e. The number of rotatable bonds is 4. The molecule has 1 aromatic rings. The van der Waals surface area contributed by atoms with Crippen LogP contribution < -0.4 is 4.74 Å². The lowest BCUT2D eigenvalue weighted by atomic mass is 9.87. The number of fused-ring (bicyclic) bond motifs is 1. The molecule has 0 amide bonds. The first kappa shape index (κ1) is 13.3. The molecule has 0 fully saturated rings. The van der Waals surface area contributed by atoms with Gasteiger partial charge in [-0.15, -0.1) is 4.33 Å². The number of benzene rings is 1. The van der Waals surface area contributed by atoms with Crippen molar-refractivity contribution >= 4 is 10.1 Å². The van der Waals surface area contributed by atoms with Crippen LogP contribution in [0.1, 0.15) is 26.3 Å². The smallest absolute Gasteiger partial charge is 0.323 e. The van der Waals surface area contributed by atoms with E-state index in [9.17, 15) is 8.42 Å². The maximum absolute atomic E-state index is 11.8. The molecule has 0 saturated heterocycles. The highest BCUT2D eigenvalue weighted by molar-refractivity contribution is 7.86. The predicted octanol–water partition coefficient (Wildman–Crippen LogP) is 2.01.